The van der Waals surface area contributed by atoms with Crippen molar-refractivity contribution in [3.05, 3.63) is 70.0 Å². The molecule has 0 spiro atoms. The highest BCUT2D eigenvalue weighted by molar-refractivity contribution is 6.01. The molecule has 2 rings (SSSR count). The molecule has 0 bridgehead atoms. The molecule has 0 aliphatic heterocycles. The highest BCUT2D eigenvalue weighted by Gasteiger charge is 2.18. The Balaban J connectivity index is 2.18. The van der Waals surface area contributed by atoms with E-state index in [1.54, 1.807) is 37.4 Å². The summed E-state index contributed by atoms with van der Waals surface area (Å²) in [6.07, 6.45) is 1.61. The van der Waals surface area contributed by atoms with Gasteiger partial charge in [-0.05, 0) is 25.1 Å². The molecule has 0 saturated carbocycles. The van der Waals surface area contributed by atoms with E-state index in [9.17, 15) is 14.9 Å². The van der Waals surface area contributed by atoms with Gasteiger partial charge in [-0.25, -0.2) is 5.43 Å². The number of carbonyl (C=O) groups excluding carboxylic acids is 1. The number of nitrogens with one attached hydrogen (secondary N) is 1. The Morgan fingerprint density at radius 1 is 1.24 bits per heavy atom. The molecule has 0 saturated heterocycles. The lowest BCUT2D eigenvalue weighted by atomic mass is 10.2. The van der Waals surface area contributed by atoms with Crippen LogP contribution in [0.2, 0.25) is 0 Å². The third-order valence-electron chi connectivity index (χ3n) is 2.71. The third-order valence-corrected chi connectivity index (χ3v) is 2.71. The van der Waals surface area contributed by atoms with Crippen LogP contribution in [0.3, 0.4) is 0 Å². The van der Waals surface area contributed by atoms with Gasteiger partial charge in [0, 0.05) is 12.3 Å². The van der Waals surface area contributed by atoms with Gasteiger partial charge >= 0.3 is 0 Å². The van der Waals surface area contributed by atoms with Crippen molar-refractivity contribution in [3.63, 3.8) is 0 Å². The van der Waals surface area contributed by atoms with E-state index in [1.165, 1.54) is 18.2 Å². The summed E-state index contributed by atoms with van der Waals surface area (Å²) in [5, 5.41) is 14.8. The zero-order chi connectivity index (χ0) is 15.2. The first kappa shape index (κ1) is 14.3. The van der Waals surface area contributed by atoms with Gasteiger partial charge in [0.1, 0.15) is 5.56 Å². The van der Waals surface area contributed by atoms with E-state index < -0.39 is 10.8 Å². The number of hydrogen-bond donors (Lipinski definition) is 1. The van der Waals surface area contributed by atoms with Crippen molar-refractivity contribution < 1.29 is 9.72 Å². The van der Waals surface area contributed by atoms with Crippen LogP contribution in [-0.4, -0.2) is 21.5 Å². The van der Waals surface area contributed by atoms with Crippen LogP contribution in [0.5, 0.6) is 0 Å². The summed E-state index contributed by atoms with van der Waals surface area (Å²) in [4.78, 5) is 26.3. The molecule has 0 atom stereocenters. The van der Waals surface area contributed by atoms with Crippen molar-refractivity contribution in [3.8, 4) is 0 Å². The first-order valence-electron chi connectivity index (χ1n) is 6.09. The molecule has 1 heterocycles. The fraction of sp³-hybridized carbons (Fsp3) is 0.0714. The van der Waals surface area contributed by atoms with E-state index in [0.29, 0.717) is 11.4 Å². The molecule has 1 aromatic heterocycles. The van der Waals surface area contributed by atoms with Gasteiger partial charge in [-0.15, -0.1) is 0 Å². The maximum Gasteiger partial charge on any atom is 0.282 e. The lowest BCUT2D eigenvalue weighted by Gasteiger charge is -2.03. The minimum Gasteiger partial charge on any atom is -0.267 e. The predicted molar refractivity (Wildman–Crippen MR) is 77.0 cm³/mol. The molecule has 106 valence electrons. The number of nitro benzene ring substituents is 1. The van der Waals surface area contributed by atoms with Crippen molar-refractivity contribution in [1.29, 1.82) is 0 Å². The van der Waals surface area contributed by atoms with Gasteiger partial charge in [0.25, 0.3) is 11.6 Å². The number of para-hydroxylation sites is 1. The SMILES string of the molecule is CC(=NNC(=O)c1ccccc1[N+](=O)[O-])c1ccccn1. The van der Waals surface area contributed by atoms with Crippen molar-refractivity contribution in [2.24, 2.45) is 5.10 Å². The molecule has 1 amide bonds. The largest absolute Gasteiger partial charge is 0.282 e. The molecule has 7 nitrogen and oxygen atoms in total. The van der Waals surface area contributed by atoms with E-state index >= 15 is 0 Å². The summed E-state index contributed by atoms with van der Waals surface area (Å²) >= 11 is 0. The Kier molecular flexibility index (Phi) is 4.35. The summed E-state index contributed by atoms with van der Waals surface area (Å²) < 4.78 is 0. The highest BCUT2D eigenvalue weighted by atomic mass is 16.6. The van der Waals surface area contributed by atoms with Gasteiger partial charge < -0.3 is 0 Å². The van der Waals surface area contributed by atoms with Crippen LogP contribution in [0.1, 0.15) is 23.0 Å². The summed E-state index contributed by atoms with van der Waals surface area (Å²) in [6, 6.07) is 11.0. The van der Waals surface area contributed by atoms with Gasteiger partial charge in [0.2, 0.25) is 0 Å². The first-order chi connectivity index (χ1) is 10.1. The van der Waals surface area contributed by atoms with Crippen LogP contribution < -0.4 is 5.43 Å². The molecule has 1 N–H and O–H groups in total. The molecular formula is C14H12N4O3. The number of nitro groups is 1. The summed E-state index contributed by atoms with van der Waals surface area (Å²) in [5.74, 6) is -0.641. The van der Waals surface area contributed by atoms with Gasteiger partial charge in [-0.3, -0.25) is 19.9 Å². The average Bonchev–Trinajstić information content (AvgIpc) is 2.53. The molecule has 1 aromatic carbocycles. The fourth-order valence-electron chi connectivity index (χ4n) is 1.65. The molecule has 2 aromatic rings. The standard InChI is InChI=1S/C14H12N4O3/c1-10(12-7-4-5-9-15-12)16-17-14(19)11-6-2-3-8-13(11)18(20)21/h2-9H,1H3,(H,17,19). The molecule has 0 aliphatic carbocycles. The van der Waals surface area contributed by atoms with Crippen LogP contribution in [0.15, 0.2) is 53.8 Å². The zero-order valence-corrected chi connectivity index (χ0v) is 11.2. The highest BCUT2D eigenvalue weighted by Crippen LogP contribution is 2.17. The van der Waals surface area contributed by atoms with E-state index in [4.69, 9.17) is 0 Å². The smallest absolute Gasteiger partial charge is 0.267 e. The third kappa shape index (κ3) is 3.47. The van der Waals surface area contributed by atoms with Gasteiger partial charge in [-0.1, -0.05) is 18.2 Å². The predicted octanol–water partition coefficient (Wildman–Crippen LogP) is 2.14. The molecule has 21 heavy (non-hydrogen) atoms. The first-order valence-corrected chi connectivity index (χ1v) is 6.09. The Hall–Kier alpha value is -3.09. The zero-order valence-electron chi connectivity index (χ0n) is 11.2. The Morgan fingerprint density at radius 2 is 1.95 bits per heavy atom. The lowest BCUT2D eigenvalue weighted by Crippen LogP contribution is -2.20. The molecule has 7 heteroatoms. The van der Waals surface area contributed by atoms with Crippen molar-refractivity contribution in [1.82, 2.24) is 10.4 Å². The number of benzene rings is 1. The monoisotopic (exact) mass is 284 g/mol. The minimum absolute atomic E-state index is 0.0416. The van der Waals surface area contributed by atoms with Crippen LogP contribution in [0, 0.1) is 10.1 Å². The lowest BCUT2D eigenvalue weighted by molar-refractivity contribution is -0.385. The topological polar surface area (TPSA) is 97.5 Å². The van der Waals surface area contributed by atoms with Crippen LogP contribution in [0.4, 0.5) is 5.69 Å². The number of amides is 1. The number of carbonyl (C=O) groups is 1. The number of aromatic nitrogens is 1. The number of hydrogen-bond acceptors (Lipinski definition) is 5. The second-order valence-electron chi connectivity index (χ2n) is 4.13. The van der Waals surface area contributed by atoms with E-state index in [0.717, 1.165) is 0 Å². The molecule has 0 aliphatic rings. The number of nitrogens with zero attached hydrogens (tertiary/aromatic N) is 3. The van der Waals surface area contributed by atoms with Gasteiger partial charge in [-0.2, -0.15) is 5.10 Å². The van der Waals surface area contributed by atoms with E-state index in [-0.39, 0.29) is 11.3 Å². The molecular weight excluding hydrogens is 272 g/mol. The van der Waals surface area contributed by atoms with Crippen LogP contribution in [0.25, 0.3) is 0 Å². The minimum atomic E-state index is -0.641. The Morgan fingerprint density at radius 3 is 2.62 bits per heavy atom. The molecule has 0 radical (unpaired) electrons. The maximum absolute atomic E-state index is 12.0. The van der Waals surface area contributed by atoms with Gasteiger partial charge in [0.15, 0.2) is 0 Å². The Labute approximate surface area is 120 Å². The number of hydrazone groups is 1. The van der Waals surface area contributed by atoms with Crippen LogP contribution in [-0.2, 0) is 0 Å². The molecule has 0 unspecified atom stereocenters. The van der Waals surface area contributed by atoms with Crippen molar-refractivity contribution in [2.45, 2.75) is 6.92 Å². The second-order valence-corrected chi connectivity index (χ2v) is 4.13. The summed E-state index contributed by atoms with van der Waals surface area (Å²) in [7, 11) is 0. The van der Waals surface area contributed by atoms with Crippen molar-refractivity contribution >= 4 is 17.3 Å². The normalized spacial score (nSPS) is 11.0. The second kappa shape index (κ2) is 6.38. The summed E-state index contributed by atoms with van der Waals surface area (Å²) in [6.45, 7) is 1.68. The maximum atomic E-state index is 12.0. The summed E-state index contributed by atoms with van der Waals surface area (Å²) in [5.41, 5.74) is 3.11. The van der Waals surface area contributed by atoms with Crippen LogP contribution >= 0.6 is 0 Å². The quantitative estimate of drug-likeness (QED) is 0.528. The number of rotatable bonds is 4. The number of pyridine rings is 1. The van der Waals surface area contributed by atoms with Crippen molar-refractivity contribution in [2.75, 3.05) is 0 Å². The van der Waals surface area contributed by atoms with Gasteiger partial charge in [0.05, 0.1) is 16.3 Å². The average molecular weight is 284 g/mol. The fourth-order valence-corrected chi connectivity index (χ4v) is 1.65. The molecule has 0 fully saturated rings. The van der Waals surface area contributed by atoms with E-state index in [2.05, 4.69) is 15.5 Å². The van der Waals surface area contributed by atoms with E-state index in [1.807, 2.05) is 0 Å². The Bertz CT molecular complexity index is 698.